The highest BCUT2D eigenvalue weighted by Crippen LogP contribution is 2.38. The summed E-state index contributed by atoms with van der Waals surface area (Å²) in [5.74, 6) is 0.771. The Morgan fingerprint density at radius 1 is 0.857 bits per heavy atom. The van der Waals surface area contributed by atoms with Gasteiger partial charge in [0.05, 0.1) is 25.4 Å². The number of hydrogen-bond acceptors (Lipinski definition) is 8. The van der Waals surface area contributed by atoms with E-state index in [2.05, 4.69) is 0 Å². The van der Waals surface area contributed by atoms with Crippen molar-refractivity contribution in [2.45, 2.75) is 82.5 Å². The van der Waals surface area contributed by atoms with Crippen LogP contribution in [0.4, 0.5) is 0 Å². The van der Waals surface area contributed by atoms with Gasteiger partial charge in [-0.25, -0.2) is 0 Å². The SMILES string of the molecule is COc1cc(CC[C@H](O)C[C@@H](O)CCc2ccc(O)c(OC3CCCCC3)c2)cc(OCO)c1O. The third-order valence-electron chi connectivity index (χ3n) is 6.49. The third-order valence-corrected chi connectivity index (χ3v) is 6.49. The van der Waals surface area contributed by atoms with Gasteiger partial charge in [0.1, 0.15) is 0 Å². The quantitative estimate of drug-likeness (QED) is 0.268. The van der Waals surface area contributed by atoms with Crippen LogP contribution < -0.4 is 14.2 Å². The van der Waals surface area contributed by atoms with Crippen molar-refractivity contribution in [3.05, 3.63) is 41.5 Å². The zero-order valence-electron chi connectivity index (χ0n) is 20.4. The van der Waals surface area contributed by atoms with Crippen molar-refractivity contribution in [2.24, 2.45) is 0 Å². The molecular weight excluding hydrogens is 452 g/mol. The molecule has 0 unspecified atom stereocenters. The maximum absolute atomic E-state index is 10.5. The second-order valence-corrected chi connectivity index (χ2v) is 9.22. The van der Waals surface area contributed by atoms with Gasteiger partial charge < -0.3 is 39.7 Å². The predicted molar refractivity (Wildman–Crippen MR) is 131 cm³/mol. The Hall–Kier alpha value is -2.68. The molecule has 3 rings (SSSR count). The molecule has 1 saturated carbocycles. The number of aliphatic hydroxyl groups excluding tert-OH is 3. The van der Waals surface area contributed by atoms with Crippen LogP contribution in [-0.4, -0.2) is 57.7 Å². The minimum Gasteiger partial charge on any atom is -0.504 e. The monoisotopic (exact) mass is 490 g/mol. The molecule has 2 aromatic carbocycles. The Labute approximate surface area is 206 Å². The van der Waals surface area contributed by atoms with E-state index in [1.165, 1.54) is 13.5 Å². The Bertz CT molecular complexity index is 926. The van der Waals surface area contributed by atoms with Crippen LogP contribution in [0.5, 0.6) is 28.7 Å². The molecule has 1 aliphatic carbocycles. The van der Waals surface area contributed by atoms with Crippen LogP contribution in [0.15, 0.2) is 30.3 Å². The average molecular weight is 491 g/mol. The number of aliphatic hydroxyl groups is 3. The van der Waals surface area contributed by atoms with E-state index in [9.17, 15) is 20.4 Å². The molecule has 194 valence electrons. The topological polar surface area (TPSA) is 129 Å². The number of phenolic OH excluding ortho intramolecular Hbond substituents is 2. The largest absolute Gasteiger partial charge is 0.504 e. The first-order chi connectivity index (χ1) is 16.9. The molecule has 0 aromatic heterocycles. The van der Waals surface area contributed by atoms with Crippen molar-refractivity contribution < 1.29 is 39.7 Å². The van der Waals surface area contributed by atoms with E-state index >= 15 is 0 Å². The summed E-state index contributed by atoms with van der Waals surface area (Å²) < 4.78 is 16.2. The Morgan fingerprint density at radius 3 is 2.14 bits per heavy atom. The van der Waals surface area contributed by atoms with Gasteiger partial charge in [-0.3, -0.25) is 0 Å². The van der Waals surface area contributed by atoms with E-state index in [0.29, 0.717) is 31.4 Å². The third kappa shape index (κ3) is 8.19. The minimum atomic E-state index is -0.711. The minimum absolute atomic E-state index is 0.108. The van der Waals surface area contributed by atoms with Gasteiger partial charge in [0, 0.05) is 0 Å². The molecule has 0 saturated heterocycles. The van der Waals surface area contributed by atoms with Gasteiger partial charge in [-0.05, 0) is 93.2 Å². The Balaban J connectivity index is 1.47. The zero-order chi connectivity index (χ0) is 25.2. The highest BCUT2D eigenvalue weighted by Gasteiger charge is 2.18. The van der Waals surface area contributed by atoms with Gasteiger partial charge in [0.25, 0.3) is 0 Å². The Morgan fingerprint density at radius 2 is 1.49 bits per heavy atom. The molecule has 0 radical (unpaired) electrons. The molecule has 2 aromatic rings. The van der Waals surface area contributed by atoms with Crippen LogP contribution in [0.25, 0.3) is 0 Å². The summed E-state index contributed by atoms with van der Waals surface area (Å²) in [7, 11) is 1.42. The second kappa shape index (κ2) is 13.4. The van der Waals surface area contributed by atoms with E-state index in [1.54, 1.807) is 18.2 Å². The fourth-order valence-corrected chi connectivity index (χ4v) is 4.50. The van der Waals surface area contributed by atoms with Crippen molar-refractivity contribution >= 4 is 0 Å². The van der Waals surface area contributed by atoms with Gasteiger partial charge in [-0.15, -0.1) is 0 Å². The molecule has 0 spiro atoms. The van der Waals surface area contributed by atoms with E-state index in [-0.39, 0.29) is 35.5 Å². The summed E-state index contributed by atoms with van der Waals surface area (Å²) >= 11 is 0. The maximum atomic E-state index is 10.5. The van der Waals surface area contributed by atoms with Crippen LogP contribution in [0.2, 0.25) is 0 Å². The number of aromatic hydroxyl groups is 2. The summed E-state index contributed by atoms with van der Waals surface area (Å²) in [6.45, 7) is -0.579. The number of benzene rings is 2. The summed E-state index contributed by atoms with van der Waals surface area (Å²) in [5.41, 5.74) is 1.74. The van der Waals surface area contributed by atoms with E-state index < -0.39 is 19.0 Å². The van der Waals surface area contributed by atoms with Gasteiger partial charge in [0.2, 0.25) is 5.75 Å². The summed E-state index contributed by atoms with van der Waals surface area (Å²) in [4.78, 5) is 0. The van der Waals surface area contributed by atoms with Crippen molar-refractivity contribution in [1.29, 1.82) is 0 Å². The van der Waals surface area contributed by atoms with E-state index in [4.69, 9.17) is 19.3 Å². The second-order valence-electron chi connectivity index (χ2n) is 9.22. The molecule has 35 heavy (non-hydrogen) atoms. The van der Waals surface area contributed by atoms with Crippen molar-refractivity contribution in [3.63, 3.8) is 0 Å². The highest BCUT2D eigenvalue weighted by atomic mass is 16.6. The molecule has 8 heteroatoms. The normalized spacial score (nSPS) is 16.0. The van der Waals surface area contributed by atoms with E-state index in [1.807, 2.05) is 12.1 Å². The van der Waals surface area contributed by atoms with Crippen molar-refractivity contribution in [2.75, 3.05) is 13.9 Å². The standard InChI is InChI=1S/C27H38O8/c1-33-25-14-19(15-26(27(25)32)34-17-28)8-11-21(30)16-20(29)10-7-18-9-12-23(31)24(13-18)35-22-5-3-2-4-6-22/h9,12-15,20-22,28-32H,2-8,10-11,16-17H2,1H3/t20-,21-/m0/s1. The molecule has 5 N–H and O–H groups in total. The molecule has 1 fully saturated rings. The van der Waals surface area contributed by atoms with Gasteiger partial charge >= 0.3 is 0 Å². The average Bonchev–Trinajstić information content (AvgIpc) is 2.85. The fraction of sp³-hybridized carbons (Fsp3) is 0.556. The number of rotatable bonds is 13. The number of methoxy groups -OCH3 is 1. The molecule has 0 bridgehead atoms. The van der Waals surface area contributed by atoms with Gasteiger partial charge in [-0.1, -0.05) is 12.5 Å². The molecule has 8 nitrogen and oxygen atoms in total. The van der Waals surface area contributed by atoms with Gasteiger partial charge in [-0.2, -0.15) is 0 Å². The first kappa shape index (κ1) is 26.9. The molecule has 0 aliphatic heterocycles. The van der Waals surface area contributed by atoms with Crippen LogP contribution in [0.3, 0.4) is 0 Å². The lowest BCUT2D eigenvalue weighted by Crippen LogP contribution is -2.20. The number of aryl methyl sites for hydroxylation is 2. The molecular formula is C27H38O8. The molecule has 1 aliphatic rings. The zero-order valence-corrected chi connectivity index (χ0v) is 20.4. The number of hydrogen-bond donors (Lipinski definition) is 5. The maximum Gasteiger partial charge on any atom is 0.200 e. The summed E-state index contributed by atoms with van der Waals surface area (Å²) in [5, 5.41) is 50.1. The first-order valence-electron chi connectivity index (χ1n) is 12.4. The number of ether oxygens (including phenoxy) is 3. The molecule has 2 atom stereocenters. The molecule has 0 amide bonds. The lowest BCUT2D eigenvalue weighted by atomic mass is 9.97. The lowest BCUT2D eigenvalue weighted by Gasteiger charge is -2.23. The van der Waals surface area contributed by atoms with Crippen LogP contribution in [0, 0.1) is 0 Å². The Kier molecular flexibility index (Phi) is 10.3. The summed E-state index contributed by atoms with van der Waals surface area (Å²) in [6, 6.07) is 8.55. The van der Waals surface area contributed by atoms with Crippen LogP contribution in [-0.2, 0) is 12.8 Å². The highest BCUT2D eigenvalue weighted by molar-refractivity contribution is 5.52. The number of phenols is 2. The predicted octanol–water partition coefficient (Wildman–Crippen LogP) is 3.82. The van der Waals surface area contributed by atoms with Crippen molar-refractivity contribution in [3.8, 4) is 28.7 Å². The first-order valence-corrected chi connectivity index (χ1v) is 12.4. The lowest BCUT2D eigenvalue weighted by molar-refractivity contribution is 0.0712. The van der Waals surface area contributed by atoms with Crippen LogP contribution >= 0.6 is 0 Å². The molecule has 0 heterocycles. The smallest absolute Gasteiger partial charge is 0.200 e. The van der Waals surface area contributed by atoms with Crippen LogP contribution in [0.1, 0.15) is 62.5 Å². The van der Waals surface area contributed by atoms with Gasteiger partial charge in [0.15, 0.2) is 29.8 Å². The van der Waals surface area contributed by atoms with E-state index in [0.717, 1.165) is 36.8 Å². The van der Waals surface area contributed by atoms with Crippen molar-refractivity contribution in [1.82, 2.24) is 0 Å². The summed E-state index contributed by atoms with van der Waals surface area (Å²) in [6.07, 6.45) is 6.50. The fourth-order valence-electron chi connectivity index (χ4n) is 4.50.